The van der Waals surface area contributed by atoms with Crippen LogP contribution in [0.15, 0.2) is 40.5 Å². The van der Waals surface area contributed by atoms with Crippen molar-refractivity contribution in [3.63, 3.8) is 0 Å². The molecule has 2 N–H and O–H groups in total. The monoisotopic (exact) mass is 187 g/mol. The third kappa shape index (κ3) is 1.41. The van der Waals surface area contributed by atoms with Crippen LogP contribution in [0.25, 0.3) is 0 Å². The molecule has 3 nitrogen and oxygen atoms in total. The van der Waals surface area contributed by atoms with E-state index >= 15 is 0 Å². The molecule has 0 spiro atoms. The lowest BCUT2D eigenvalue weighted by atomic mass is 9.92. The van der Waals surface area contributed by atoms with Gasteiger partial charge in [0.1, 0.15) is 5.84 Å². The number of hydrogen-bond donors (Lipinski definition) is 1. The van der Waals surface area contributed by atoms with Crippen LogP contribution in [0.1, 0.15) is 24.8 Å². The average molecular weight is 187 g/mol. The Bertz CT molecular complexity index is 379. The van der Waals surface area contributed by atoms with Crippen LogP contribution in [-0.4, -0.2) is 11.5 Å². The van der Waals surface area contributed by atoms with Crippen LogP contribution >= 0.6 is 0 Å². The summed E-state index contributed by atoms with van der Waals surface area (Å²) in [6.07, 6.45) is 0.893. The highest BCUT2D eigenvalue weighted by molar-refractivity contribution is 6.13. The molecule has 0 amide bonds. The van der Waals surface area contributed by atoms with Crippen LogP contribution in [0.5, 0.6) is 0 Å². The van der Waals surface area contributed by atoms with Gasteiger partial charge < -0.3 is 5.73 Å². The quantitative estimate of drug-likeness (QED) is 0.755. The van der Waals surface area contributed by atoms with Crippen molar-refractivity contribution >= 4 is 11.5 Å². The zero-order chi connectivity index (χ0) is 9.97. The second kappa shape index (κ2) is 3.62. The van der Waals surface area contributed by atoms with Gasteiger partial charge in [-0.25, -0.2) is 0 Å². The second-order valence-corrected chi connectivity index (χ2v) is 3.31. The minimum atomic E-state index is 0.0983. The molecule has 0 aromatic heterocycles. The smallest absolute Gasteiger partial charge is 0.135 e. The van der Waals surface area contributed by atoms with Crippen LogP contribution in [0, 0.1) is 0 Å². The molecule has 2 rings (SSSR count). The van der Waals surface area contributed by atoms with E-state index in [1.165, 1.54) is 5.56 Å². The van der Waals surface area contributed by atoms with E-state index in [1.807, 2.05) is 18.2 Å². The maximum atomic E-state index is 5.81. The summed E-state index contributed by atoms with van der Waals surface area (Å²) >= 11 is 0. The first-order valence-corrected chi connectivity index (χ1v) is 4.77. The van der Waals surface area contributed by atoms with Crippen molar-refractivity contribution in [2.24, 2.45) is 15.9 Å². The number of amidine groups is 1. The summed E-state index contributed by atoms with van der Waals surface area (Å²) in [6.45, 7) is 2.07. The third-order valence-corrected chi connectivity index (χ3v) is 2.42. The number of benzene rings is 1. The van der Waals surface area contributed by atoms with Gasteiger partial charge in [0.25, 0.3) is 0 Å². The normalized spacial score (nSPS) is 20.5. The SMILES string of the molecule is CCC1=NN=C(N)C1c1ccccc1. The first kappa shape index (κ1) is 8.94. The predicted molar refractivity (Wildman–Crippen MR) is 58.5 cm³/mol. The van der Waals surface area contributed by atoms with Crippen LogP contribution in [0.4, 0.5) is 0 Å². The van der Waals surface area contributed by atoms with Crippen molar-refractivity contribution in [2.45, 2.75) is 19.3 Å². The average Bonchev–Trinajstić information content (AvgIpc) is 2.61. The van der Waals surface area contributed by atoms with Gasteiger partial charge in [-0.05, 0) is 12.0 Å². The molecular formula is C11H13N3. The van der Waals surface area contributed by atoms with Gasteiger partial charge in [-0.1, -0.05) is 37.3 Å². The Hall–Kier alpha value is -1.64. The van der Waals surface area contributed by atoms with E-state index in [-0.39, 0.29) is 5.92 Å². The molecular weight excluding hydrogens is 174 g/mol. The van der Waals surface area contributed by atoms with Crippen molar-refractivity contribution in [2.75, 3.05) is 0 Å². The first-order valence-electron chi connectivity index (χ1n) is 4.77. The van der Waals surface area contributed by atoms with Crippen molar-refractivity contribution in [1.82, 2.24) is 0 Å². The maximum absolute atomic E-state index is 5.81. The molecule has 0 aliphatic carbocycles. The zero-order valence-corrected chi connectivity index (χ0v) is 8.14. The van der Waals surface area contributed by atoms with Crippen LogP contribution < -0.4 is 5.73 Å². The largest absolute Gasteiger partial charge is 0.385 e. The minimum absolute atomic E-state index is 0.0983. The summed E-state index contributed by atoms with van der Waals surface area (Å²) in [7, 11) is 0. The van der Waals surface area contributed by atoms with Crippen LogP contribution in [0.3, 0.4) is 0 Å². The first-order chi connectivity index (χ1) is 6.83. The van der Waals surface area contributed by atoms with E-state index in [0.29, 0.717) is 5.84 Å². The standard InChI is InChI=1S/C11H13N3/c1-2-9-10(11(12)14-13-9)8-6-4-3-5-7-8/h3-7,10H,2H2,1H3,(H2,12,14). The summed E-state index contributed by atoms with van der Waals surface area (Å²) in [5.74, 6) is 0.703. The van der Waals surface area contributed by atoms with Gasteiger partial charge in [-0.3, -0.25) is 0 Å². The van der Waals surface area contributed by atoms with Crippen molar-refractivity contribution in [3.8, 4) is 0 Å². The van der Waals surface area contributed by atoms with Gasteiger partial charge in [-0.2, -0.15) is 5.10 Å². The molecule has 0 fully saturated rings. The van der Waals surface area contributed by atoms with E-state index in [2.05, 4.69) is 29.3 Å². The summed E-state index contributed by atoms with van der Waals surface area (Å²) in [6, 6.07) is 10.1. The fourth-order valence-corrected chi connectivity index (χ4v) is 1.69. The molecule has 1 aromatic rings. The van der Waals surface area contributed by atoms with Gasteiger partial charge in [0.2, 0.25) is 0 Å². The highest BCUT2D eigenvalue weighted by Crippen LogP contribution is 2.23. The van der Waals surface area contributed by atoms with E-state index in [0.717, 1.165) is 12.1 Å². The molecule has 1 aromatic carbocycles. The molecule has 0 saturated heterocycles. The van der Waals surface area contributed by atoms with E-state index in [4.69, 9.17) is 5.73 Å². The Labute approximate surface area is 83.4 Å². The summed E-state index contributed by atoms with van der Waals surface area (Å²) in [4.78, 5) is 0. The lowest BCUT2D eigenvalue weighted by Crippen LogP contribution is -2.24. The Morgan fingerprint density at radius 2 is 1.93 bits per heavy atom. The molecule has 0 bridgehead atoms. The number of hydrogen-bond acceptors (Lipinski definition) is 3. The van der Waals surface area contributed by atoms with E-state index < -0.39 is 0 Å². The minimum Gasteiger partial charge on any atom is -0.385 e. The third-order valence-electron chi connectivity index (χ3n) is 2.42. The summed E-state index contributed by atoms with van der Waals surface area (Å²) < 4.78 is 0. The maximum Gasteiger partial charge on any atom is 0.135 e. The van der Waals surface area contributed by atoms with Crippen LogP contribution in [-0.2, 0) is 0 Å². The fraction of sp³-hybridized carbons (Fsp3) is 0.273. The molecule has 1 aliphatic rings. The Kier molecular flexibility index (Phi) is 2.31. The van der Waals surface area contributed by atoms with Crippen LogP contribution in [0.2, 0.25) is 0 Å². The van der Waals surface area contributed by atoms with Crippen molar-refractivity contribution in [3.05, 3.63) is 35.9 Å². The highest BCUT2D eigenvalue weighted by atomic mass is 15.3. The molecule has 3 heteroatoms. The van der Waals surface area contributed by atoms with Gasteiger partial charge in [0.15, 0.2) is 0 Å². The molecule has 1 unspecified atom stereocenters. The molecule has 14 heavy (non-hydrogen) atoms. The molecule has 1 atom stereocenters. The number of nitrogens with zero attached hydrogens (tertiary/aromatic N) is 2. The molecule has 0 saturated carbocycles. The molecule has 72 valence electrons. The van der Waals surface area contributed by atoms with Crippen molar-refractivity contribution < 1.29 is 0 Å². The lowest BCUT2D eigenvalue weighted by molar-refractivity contribution is 1.13. The van der Waals surface area contributed by atoms with Gasteiger partial charge in [-0.15, -0.1) is 5.10 Å². The topological polar surface area (TPSA) is 50.7 Å². The predicted octanol–water partition coefficient (Wildman–Crippen LogP) is 1.91. The van der Waals surface area contributed by atoms with E-state index in [1.54, 1.807) is 0 Å². The summed E-state index contributed by atoms with van der Waals surface area (Å²) in [5.41, 5.74) is 8.04. The zero-order valence-electron chi connectivity index (χ0n) is 8.14. The Morgan fingerprint density at radius 1 is 1.21 bits per heavy atom. The highest BCUT2D eigenvalue weighted by Gasteiger charge is 2.25. The number of nitrogens with two attached hydrogens (primary N) is 1. The van der Waals surface area contributed by atoms with Gasteiger partial charge in [0.05, 0.1) is 11.6 Å². The molecule has 1 heterocycles. The second-order valence-electron chi connectivity index (χ2n) is 3.31. The van der Waals surface area contributed by atoms with E-state index in [9.17, 15) is 0 Å². The molecule has 1 aliphatic heterocycles. The number of rotatable bonds is 2. The Balaban J connectivity index is 2.35. The summed E-state index contributed by atoms with van der Waals surface area (Å²) in [5, 5.41) is 8.00. The fourth-order valence-electron chi connectivity index (χ4n) is 1.69. The van der Waals surface area contributed by atoms with Gasteiger partial charge in [0, 0.05) is 0 Å². The molecule has 0 radical (unpaired) electrons. The Morgan fingerprint density at radius 3 is 2.57 bits per heavy atom. The van der Waals surface area contributed by atoms with Crippen molar-refractivity contribution in [1.29, 1.82) is 0 Å². The lowest BCUT2D eigenvalue weighted by Gasteiger charge is -2.11. The van der Waals surface area contributed by atoms with Gasteiger partial charge >= 0.3 is 0 Å².